The van der Waals surface area contributed by atoms with Crippen LogP contribution in [0.2, 0.25) is 0 Å². The maximum absolute atomic E-state index is 11.2. The second-order valence-electron chi connectivity index (χ2n) is 8.20. The molecule has 3 aromatic carbocycles. The van der Waals surface area contributed by atoms with E-state index in [1.54, 1.807) is 30.7 Å². The molecular weight excluding hydrogens is 476 g/mol. The number of carboxylic acids is 1. The third-order valence-corrected chi connectivity index (χ3v) is 6.50. The molecule has 182 valence electrons. The fourth-order valence-electron chi connectivity index (χ4n) is 3.99. The molecule has 5 aromatic rings. The number of nitrogens with zero attached hydrogens (tertiary/aromatic N) is 1. The van der Waals surface area contributed by atoms with Gasteiger partial charge in [-0.3, -0.25) is 4.79 Å². The van der Waals surface area contributed by atoms with Gasteiger partial charge in [-0.15, -0.1) is 11.3 Å². The number of nitrogens with two attached hydrogens (primary N) is 1. The SMILES string of the molecule is NCc1cccc(-c2cc(OCc3nccs3)c3occ(COc4ccccc4CC(=O)O)c3c2)c1. The third kappa shape index (κ3) is 5.25. The van der Waals surface area contributed by atoms with Crippen molar-refractivity contribution in [1.82, 2.24) is 4.98 Å². The van der Waals surface area contributed by atoms with Gasteiger partial charge >= 0.3 is 5.97 Å². The van der Waals surface area contributed by atoms with E-state index in [0.717, 1.165) is 32.6 Å². The Labute approximate surface area is 211 Å². The number of ether oxygens (including phenoxy) is 2. The molecule has 0 bridgehead atoms. The van der Waals surface area contributed by atoms with Crippen molar-refractivity contribution < 1.29 is 23.8 Å². The number of aromatic nitrogens is 1. The molecule has 0 saturated heterocycles. The summed E-state index contributed by atoms with van der Waals surface area (Å²) in [6, 6.07) is 19.2. The Morgan fingerprint density at radius 3 is 2.64 bits per heavy atom. The smallest absolute Gasteiger partial charge is 0.307 e. The second-order valence-corrected chi connectivity index (χ2v) is 9.18. The molecule has 0 saturated carbocycles. The van der Waals surface area contributed by atoms with E-state index < -0.39 is 5.97 Å². The molecule has 0 aliphatic heterocycles. The van der Waals surface area contributed by atoms with Gasteiger partial charge in [-0.25, -0.2) is 4.98 Å². The van der Waals surface area contributed by atoms with E-state index in [-0.39, 0.29) is 13.0 Å². The lowest BCUT2D eigenvalue weighted by Gasteiger charge is -2.11. The first-order valence-electron chi connectivity index (χ1n) is 11.4. The van der Waals surface area contributed by atoms with Gasteiger partial charge in [0, 0.05) is 34.6 Å². The number of furan rings is 1. The van der Waals surface area contributed by atoms with Gasteiger partial charge in [0.1, 0.15) is 24.0 Å². The van der Waals surface area contributed by atoms with Gasteiger partial charge in [-0.1, -0.05) is 36.4 Å². The standard InChI is InChI=1S/C28H24N2O5S/c29-14-18-4-3-6-19(10-18)21-11-23-22(15-33-24-7-2-1-5-20(24)13-27(31)32)16-35-28(23)25(12-21)34-17-26-30-8-9-36-26/h1-12,16H,13-15,17,29H2,(H,31,32). The minimum Gasteiger partial charge on any atom is -0.488 e. The first-order chi connectivity index (χ1) is 17.6. The highest BCUT2D eigenvalue weighted by Crippen LogP contribution is 2.37. The lowest BCUT2D eigenvalue weighted by atomic mass is 10.00. The van der Waals surface area contributed by atoms with E-state index in [0.29, 0.717) is 35.8 Å². The average Bonchev–Trinajstić information content (AvgIpc) is 3.56. The molecule has 0 aliphatic rings. The Bertz CT molecular complexity index is 1490. The number of carbonyl (C=O) groups is 1. The zero-order valence-corrected chi connectivity index (χ0v) is 20.2. The van der Waals surface area contributed by atoms with Crippen molar-refractivity contribution in [3.05, 3.63) is 100 Å². The summed E-state index contributed by atoms with van der Waals surface area (Å²) in [7, 11) is 0. The number of hydrogen-bond donors (Lipinski definition) is 2. The Balaban J connectivity index is 1.50. The monoisotopic (exact) mass is 500 g/mol. The number of para-hydroxylation sites is 1. The predicted octanol–water partition coefficient (Wildman–Crippen LogP) is 5.80. The molecule has 7 nitrogen and oxygen atoms in total. The Hall–Kier alpha value is -4.14. The molecule has 0 spiro atoms. The minimum absolute atomic E-state index is 0.112. The number of aliphatic carboxylic acids is 1. The number of rotatable bonds is 10. The highest BCUT2D eigenvalue weighted by molar-refractivity contribution is 7.09. The van der Waals surface area contributed by atoms with Crippen molar-refractivity contribution in [2.24, 2.45) is 5.73 Å². The topological polar surface area (TPSA) is 108 Å². The fourth-order valence-corrected chi connectivity index (χ4v) is 4.52. The molecular formula is C28H24N2O5S. The zero-order valence-electron chi connectivity index (χ0n) is 19.3. The normalized spacial score (nSPS) is 11.0. The molecule has 5 rings (SSSR count). The van der Waals surface area contributed by atoms with Crippen molar-refractivity contribution in [2.75, 3.05) is 0 Å². The quantitative estimate of drug-likeness (QED) is 0.249. The summed E-state index contributed by atoms with van der Waals surface area (Å²) in [4.78, 5) is 15.5. The number of thiazole rings is 1. The van der Waals surface area contributed by atoms with E-state index in [1.165, 1.54) is 11.3 Å². The molecule has 0 atom stereocenters. The van der Waals surface area contributed by atoms with Crippen LogP contribution in [0.25, 0.3) is 22.1 Å². The molecule has 36 heavy (non-hydrogen) atoms. The van der Waals surface area contributed by atoms with Crippen LogP contribution in [0.5, 0.6) is 11.5 Å². The summed E-state index contributed by atoms with van der Waals surface area (Å²) in [5.74, 6) is 0.223. The first-order valence-corrected chi connectivity index (χ1v) is 12.3. The number of carboxylic acid groups (broad SMARTS) is 1. The summed E-state index contributed by atoms with van der Waals surface area (Å²) in [6.07, 6.45) is 3.29. The van der Waals surface area contributed by atoms with Crippen LogP contribution < -0.4 is 15.2 Å². The lowest BCUT2D eigenvalue weighted by molar-refractivity contribution is -0.136. The van der Waals surface area contributed by atoms with Gasteiger partial charge in [-0.2, -0.15) is 0 Å². The van der Waals surface area contributed by atoms with Crippen molar-refractivity contribution in [2.45, 2.75) is 26.2 Å². The van der Waals surface area contributed by atoms with E-state index >= 15 is 0 Å². The summed E-state index contributed by atoms with van der Waals surface area (Å²) in [5.41, 5.74) is 10.9. The van der Waals surface area contributed by atoms with E-state index in [4.69, 9.17) is 19.6 Å². The largest absolute Gasteiger partial charge is 0.488 e. The van der Waals surface area contributed by atoms with Crippen LogP contribution in [-0.4, -0.2) is 16.1 Å². The van der Waals surface area contributed by atoms with Gasteiger partial charge in [0.2, 0.25) is 0 Å². The number of benzene rings is 3. The van der Waals surface area contributed by atoms with Crippen LogP contribution in [0.1, 0.15) is 21.7 Å². The molecule has 2 aromatic heterocycles. The molecule has 0 fully saturated rings. The summed E-state index contributed by atoms with van der Waals surface area (Å²) >= 11 is 1.53. The van der Waals surface area contributed by atoms with E-state index in [9.17, 15) is 9.90 Å². The predicted molar refractivity (Wildman–Crippen MR) is 138 cm³/mol. The van der Waals surface area contributed by atoms with Crippen LogP contribution in [0.3, 0.4) is 0 Å². The highest BCUT2D eigenvalue weighted by atomic mass is 32.1. The van der Waals surface area contributed by atoms with Gasteiger partial charge in [-0.05, 0) is 41.0 Å². The molecule has 0 amide bonds. The van der Waals surface area contributed by atoms with E-state index in [2.05, 4.69) is 11.1 Å². The van der Waals surface area contributed by atoms with Crippen molar-refractivity contribution in [1.29, 1.82) is 0 Å². The summed E-state index contributed by atoms with van der Waals surface area (Å²) in [6.45, 7) is 0.986. The van der Waals surface area contributed by atoms with Crippen molar-refractivity contribution >= 4 is 28.3 Å². The highest BCUT2D eigenvalue weighted by Gasteiger charge is 2.16. The number of fused-ring (bicyclic) bond motifs is 1. The van der Waals surface area contributed by atoms with Crippen molar-refractivity contribution in [3.63, 3.8) is 0 Å². The molecule has 0 aliphatic carbocycles. The Morgan fingerprint density at radius 1 is 0.972 bits per heavy atom. The van der Waals surface area contributed by atoms with Gasteiger partial charge in [0.25, 0.3) is 0 Å². The molecule has 0 radical (unpaired) electrons. The van der Waals surface area contributed by atoms with Gasteiger partial charge in [0.05, 0.1) is 12.7 Å². The maximum Gasteiger partial charge on any atom is 0.307 e. The second kappa shape index (κ2) is 10.6. The van der Waals surface area contributed by atoms with Crippen LogP contribution in [0.15, 0.2) is 82.9 Å². The van der Waals surface area contributed by atoms with E-state index in [1.807, 2.05) is 41.8 Å². The zero-order chi connectivity index (χ0) is 24.9. The third-order valence-electron chi connectivity index (χ3n) is 5.75. The first kappa shape index (κ1) is 23.6. The molecule has 8 heteroatoms. The Morgan fingerprint density at radius 2 is 1.83 bits per heavy atom. The summed E-state index contributed by atoms with van der Waals surface area (Å²) in [5, 5.41) is 12.8. The number of hydrogen-bond acceptors (Lipinski definition) is 7. The molecule has 3 N–H and O–H groups in total. The lowest BCUT2D eigenvalue weighted by Crippen LogP contribution is -2.04. The van der Waals surface area contributed by atoms with Crippen LogP contribution in [-0.2, 0) is 31.0 Å². The summed E-state index contributed by atoms with van der Waals surface area (Å²) < 4.78 is 18.1. The Kier molecular flexibility index (Phi) is 6.97. The van der Waals surface area contributed by atoms with Gasteiger partial charge < -0.3 is 24.7 Å². The molecule has 2 heterocycles. The van der Waals surface area contributed by atoms with Crippen LogP contribution in [0.4, 0.5) is 0 Å². The maximum atomic E-state index is 11.2. The molecule has 0 unspecified atom stereocenters. The van der Waals surface area contributed by atoms with Crippen molar-refractivity contribution in [3.8, 4) is 22.6 Å². The van der Waals surface area contributed by atoms with Gasteiger partial charge in [0.15, 0.2) is 11.3 Å². The minimum atomic E-state index is -0.911. The van der Waals surface area contributed by atoms with Crippen LogP contribution in [0, 0.1) is 0 Å². The fraction of sp³-hybridized carbons (Fsp3) is 0.143. The average molecular weight is 501 g/mol. The van der Waals surface area contributed by atoms with Crippen LogP contribution >= 0.6 is 11.3 Å².